The minimum Gasteiger partial charge on any atom is -0.316 e. The first-order valence-electron chi connectivity index (χ1n) is 8.38. The predicted molar refractivity (Wildman–Crippen MR) is 92.6 cm³/mol. The van der Waals surface area contributed by atoms with Gasteiger partial charge in [-0.3, -0.25) is 4.68 Å². The molecule has 3 nitrogen and oxygen atoms in total. The summed E-state index contributed by atoms with van der Waals surface area (Å²) in [6.07, 6.45) is 7.57. The fraction of sp³-hybridized carbons (Fsp3) is 0.824. The Labute approximate surface area is 138 Å². The molecule has 0 bridgehead atoms. The molecule has 1 aromatic heterocycles. The van der Waals surface area contributed by atoms with E-state index >= 15 is 0 Å². The van der Waals surface area contributed by atoms with Gasteiger partial charge in [-0.25, -0.2) is 0 Å². The molecule has 1 fully saturated rings. The summed E-state index contributed by atoms with van der Waals surface area (Å²) in [4.78, 5) is 0. The van der Waals surface area contributed by atoms with Gasteiger partial charge in [-0.1, -0.05) is 33.6 Å². The molecule has 0 amide bonds. The minimum atomic E-state index is 0.427. The van der Waals surface area contributed by atoms with Crippen LogP contribution in [0.1, 0.15) is 57.8 Å². The van der Waals surface area contributed by atoms with Crippen molar-refractivity contribution in [3.05, 3.63) is 15.9 Å². The second kappa shape index (κ2) is 7.28. The van der Waals surface area contributed by atoms with Gasteiger partial charge in [0.1, 0.15) is 0 Å². The molecule has 0 aromatic carbocycles. The second-order valence-electron chi connectivity index (χ2n) is 7.09. The standard InChI is InChI=1S/C17H30BrN3/c1-5-14-16(18)15(21(4)20-14)10-17(8-6-7-9-17)12-19-11-13(2)3/h13,19H,5-12H2,1-4H3. The summed E-state index contributed by atoms with van der Waals surface area (Å²) in [6.45, 7) is 8.99. The molecule has 1 aliphatic rings. The number of hydrogen-bond acceptors (Lipinski definition) is 2. The third-order valence-electron chi connectivity index (χ3n) is 4.76. The fourth-order valence-corrected chi connectivity index (χ4v) is 4.29. The van der Waals surface area contributed by atoms with Crippen molar-refractivity contribution in [1.82, 2.24) is 15.1 Å². The van der Waals surface area contributed by atoms with Crippen LogP contribution in [0.3, 0.4) is 0 Å². The Bertz CT molecular complexity index is 459. The minimum absolute atomic E-state index is 0.427. The Morgan fingerprint density at radius 1 is 1.33 bits per heavy atom. The van der Waals surface area contributed by atoms with E-state index in [9.17, 15) is 0 Å². The molecule has 0 unspecified atom stereocenters. The summed E-state index contributed by atoms with van der Waals surface area (Å²) in [5.41, 5.74) is 2.99. The Morgan fingerprint density at radius 3 is 2.52 bits per heavy atom. The zero-order chi connectivity index (χ0) is 15.5. The lowest BCUT2D eigenvalue weighted by Crippen LogP contribution is -2.36. The zero-order valence-electron chi connectivity index (χ0n) is 14.0. The topological polar surface area (TPSA) is 29.9 Å². The quantitative estimate of drug-likeness (QED) is 0.797. The summed E-state index contributed by atoms with van der Waals surface area (Å²) in [7, 11) is 2.09. The van der Waals surface area contributed by atoms with Gasteiger partial charge in [0.25, 0.3) is 0 Å². The first-order valence-corrected chi connectivity index (χ1v) is 9.17. The molecule has 21 heavy (non-hydrogen) atoms. The van der Waals surface area contributed by atoms with E-state index in [0.29, 0.717) is 5.41 Å². The van der Waals surface area contributed by atoms with Gasteiger partial charge in [-0.15, -0.1) is 0 Å². The van der Waals surface area contributed by atoms with Gasteiger partial charge >= 0.3 is 0 Å². The van der Waals surface area contributed by atoms with Crippen LogP contribution in [-0.4, -0.2) is 22.9 Å². The molecule has 1 aromatic rings. The van der Waals surface area contributed by atoms with Gasteiger partial charge in [0.15, 0.2) is 0 Å². The van der Waals surface area contributed by atoms with Gasteiger partial charge in [0.05, 0.1) is 15.9 Å². The monoisotopic (exact) mass is 355 g/mol. The highest BCUT2D eigenvalue weighted by Crippen LogP contribution is 2.42. The third kappa shape index (κ3) is 4.10. The fourth-order valence-electron chi connectivity index (χ4n) is 3.53. The molecular weight excluding hydrogens is 326 g/mol. The average Bonchev–Trinajstić information content (AvgIpc) is 2.99. The Balaban J connectivity index is 2.11. The second-order valence-corrected chi connectivity index (χ2v) is 7.89. The maximum atomic E-state index is 4.66. The van der Waals surface area contributed by atoms with E-state index in [-0.39, 0.29) is 0 Å². The van der Waals surface area contributed by atoms with Crippen molar-refractivity contribution in [3.63, 3.8) is 0 Å². The van der Waals surface area contributed by atoms with Gasteiger partial charge in [-0.05, 0) is 59.5 Å². The largest absolute Gasteiger partial charge is 0.316 e. The highest BCUT2D eigenvalue weighted by molar-refractivity contribution is 9.10. The molecule has 0 radical (unpaired) electrons. The first-order chi connectivity index (χ1) is 9.97. The van der Waals surface area contributed by atoms with E-state index in [2.05, 4.69) is 58.8 Å². The van der Waals surface area contributed by atoms with E-state index in [1.165, 1.54) is 41.5 Å². The van der Waals surface area contributed by atoms with Crippen LogP contribution in [0.2, 0.25) is 0 Å². The Kier molecular flexibility index (Phi) is 5.89. The lowest BCUT2D eigenvalue weighted by atomic mass is 9.81. The molecule has 2 rings (SSSR count). The number of nitrogens with zero attached hydrogens (tertiary/aromatic N) is 2. The van der Waals surface area contributed by atoms with E-state index in [1.54, 1.807) is 0 Å². The smallest absolute Gasteiger partial charge is 0.0766 e. The normalized spacial score (nSPS) is 17.8. The van der Waals surface area contributed by atoms with Crippen molar-refractivity contribution < 1.29 is 0 Å². The molecule has 4 heteroatoms. The van der Waals surface area contributed by atoms with Crippen LogP contribution in [0.25, 0.3) is 0 Å². The number of rotatable bonds is 7. The van der Waals surface area contributed by atoms with E-state index in [0.717, 1.165) is 31.8 Å². The molecule has 1 N–H and O–H groups in total. The van der Waals surface area contributed by atoms with E-state index < -0.39 is 0 Å². The number of aryl methyl sites for hydroxylation is 2. The number of aromatic nitrogens is 2. The molecule has 0 atom stereocenters. The summed E-state index contributed by atoms with van der Waals surface area (Å²) in [6, 6.07) is 0. The maximum absolute atomic E-state index is 4.66. The van der Waals surface area contributed by atoms with Gasteiger partial charge < -0.3 is 5.32 Å². The van der Waals surface area contributed by atoms with Crippen molar-refractivity contribution in [2.75, 3.05) is 13.1 Å². The lowest BCUT2D eigenvalue weighted by molar-refractivity contribution is 0.267. The molecule has 0 aliphatic heterocycles. The number of nitrogens with one attached hydrogen (secondary N) is 1. The SMILES string of the molecule is CCc1nn(C)c(CC2(CNCC(C)C)CCCC2)c1Br. The van der Waals surface area contributed by atoms with Crippen molar-refractivity contribution in [2.45, 2.75) is 59.3 Å². The van der Waals surface area contributed by atoms with Crippen molar-refractivity contribution in [1.29, 1.82) is 0 Å². The Morgan fingerprint density at radius 2 is 2.00 bits per heavy atom. The molecule has 1 aliphatic carbocycles. The van der Waals surface area contributed by atoms with Crippen LogP contribution >= 0.6 is 15.9 Å². The number of hydrogen-bond donors (Lipinski definition) is 1. The third-order valence-corrected chi connectivity index (χ3v) is 5.68. The van der Waals surface area contributed by atoms with Gasteiger partial charge in [0, 0.05) is 13.6 Å². The zero-order valence-corrected chi connectivity index (χ0v) is 15.6. The van der Waals surface area contributed by atoms with Crippen LogP contribution in [0, 0.1) is 11.3 Å². The molecular formula is C17H30BrN3. The van der Waals surface area contributed by atoms with Crippen LogP contribution in [0.15, 0.2) is 4.47 Å². The summed E-state index contributed by atoms with van der Waals surface area (Å²) < 4.78 is 3.33. The lowest BCUT2D eigenvalue weighted by Gasteiger charge is -2.30. The maximum Gasteiger partial charge on any atom is 0.0766 e. The number of halogens is 1. The van der Waals surface area contributed by atoms with Crippen molar-refractivity contribution >= 4 is 15.9 Å². The summed E-state index contributed by atoms with van der Waals surface area (Å²) in [5.74, 6) is 0.721. The summed E-state index contributed by atoms with van der Waals surface area (Å²) in [5, 5.41) is 8.36. The molecule has 1 heterocycles. The van der Waals surface area contributed by atoms with Gasteiger partial charge in [0.2, 0.25) is 0 Å². The van der Waals surface area contributed by atoms with E-state index in [1.807, 2.05) is 0 Å². The van der Waals surface area contributed by atoms with Crippen LogP contribution in [0.5, 0.6) is 0 Å². The van der Waals surface area contributed by atoms with E-state index in [4.69, 9.17) is 0 Å². The molecule has 0 saturated heterocycles. The molecule has 120 valence electrons. The average molecular weight is 356 g/mol. The van der Waals surface area contributed by atoms with Crippen LogP contribution in [-0.2, 0) is 19.9 Å². The summed E-state index contributed by atoms with van der Waals surface area (Å²) >= 11 is 3.78. The first kappa shape index (κ1) is 17.0. The van der Waals surface area contributed by atoms with Crippen LogP contribution < -0.4 is 5.32 Å². The molecule has 0 spiro atoms. The Hall–Kier alpha value is -0.350. The van der Waals surface area contributed by atoms with Crippen molar-refractivity contribution in [2.24, 2.45) is 18.4 Å². The molecule has 1 saturated carbocycles. The predicted octanol–water partition coefficient (Wildman–Crippen LogP) is 4.09. The highest BCUT2D eigenvalue weighted by Gasteiger charge is 2.35. The highest BCUT2D eigenvalue weighted by atomic mass is 79.9. The van der Waals surface area contributed by atoms with Crippen LogP contribution in [0.4, 0.5) is 0 Å². The van der Waals surface area contributed by atoms with Gasteiger partial charge in [-0.2, -0.15) is 5.10 Å². The van der Waals surface area contributed by atoms with Crippen molar-refractivity contribution in [3.8, 4) is 0 Å².